The molecule has 2 unspecified atom stereocenters. The fourth-order valence-corrected chi connectivity index (χ4v) is 4.03. The first kappa shape index (κ1) is 18.1. The molecule has 0 saturated heterocycles. The molecule has 0 aliphatic carbocycles. The Kier molecular flexibility index (Phi) is 8.29. The molecule has 20 heavy (non-hydrogen) atoms. The normalized spacial score (nSPS) is 15.0. The van der Waals surface area contributed by atoms with Crippen molar-refractivity contribution >= 4 is 27.3 Å². The van der Waals surface area contributed by atoms with Gasteiger partial charge in [-0.1, -0.05) is 20.8 Å². The highest BCUT2D eigenvalue weighted by Crippen LogP contribution is 2.33. The maximum absolute atomic E-state index is 6.42. The Hall–Kier alpha value is 0.0600. The van der Waals surface area contributed by atoms with Gasteiger partial charge in [-0.3, -0.25) is 4.90 Å². The number of rotatable bonds is 9. The molecule has 1 aromatic rings. The summed E-state index contributed by atoms with van der Waals surface area (Å²) in [7, 11) is 1.75. The van der Waals surface area contributed by atoms with Gasteiger partial charge in [0.2, 0.25) is 0 Å². The standard InChI is InChI=1S/C15H27BrN2OS/c1-5-12(17)15(13-6-7-14(16)20-13)18(8-9-19-4)10-11(2)3/h6-7,11-12,15H,5,8-10,17H2,1-4H3. The van der Waals surface area contributed by atoms with E-state index in [0.29, 0.717) is 5.92 Å². The Morgan fingerprint density at radius 1 is 1.40 bits per heavy atom. The Bertz CT molecular complexity index is 384. The van der Waals surface area contributed by atoms with Gasteiger partial charge in [0.15, 0.2) is 0 Å². The number of ether oxygens (including phenoxy) is 1. The molecule has 0 spiro atoms. The third kappa shape index (κ3) is 5.45. The highest BCUT2D eigenvalue weighted by Gasteiger charge is 2.27. The van der Waals surface area contributed by atoms with Crippen LogP contribution in [0.5, 0.6) is 0 Å². The number of thiophene rings is 1. The lowest BCUT2D eigenvalue weighted by molar-refractivity contribution is 0.0989. The minimum atomic E-state index is 0.149. The molecule has 0 amide bonds. The molecule has 5 heteroatoms. The van der Waals surface area contributed by atoms with Crippen molar-refractivity contribution in [3.63, 3.8) is 0 Å². The molecule has 2 N–H and O–H groups in total. The highest BCUT2D eigenvalue weighted by molar-refractivity contribution is 9.11. The van der Waals surface area contributed by atoms with Gasteiger partial charge in [0, 0.05) is 31.1 Å². The van der Waals surface area contributed by atoms with Gasteiger partial charge in [-0.15, -0.1) is 11.3 Å². The summed E-state index contributed by atoms with van der Waals surface area (Å²) in [5.41, 5.74) is 6.42. The zero-order chi connectivity index (χ0) is 15.1. The van der Waals surface area contributed by atoms with Crippen LogP contribution in [0.3, 0.4) is 0 Å². The monoisotopic (exact) mass is 362 g/mol. The summed E-state index contributed by atoms with van der Waals surface area (Å²) in [6.07, 6.45) is 0.974. The van der Waals surface area contributed by atoms with Gasteiger partial charge in [0.25, 0.3) is 0 Å². The lowest BCUT2D eigenvalue weighted by atomic mass is 10.0. The number of nitrogens with zero attached hydrogens (tertiary/aromatic N) is 1. The van der Waals surface area contributed by atoms with E-state index in [0.717, 1.165) is 29.9 Å². The van der Waals surface area contributed by atoms with E-state index in [1.807, 2.05) is 0 Å². The molecule has 0 radical (unpaired) electrons. The van der Waals surface area contributed by atoms with Gasteiger partial charge in [-0.25, -0.2) is 0 Å². The Labute approximate surface area is 135 Å². The molecular formula is C15H27BrN2OS. The van der Waals surface area contributed by atoms with Crippen LogP contribution in [0.15, 0.2) is 15.9 Å². The Morgan fingerprint density at radius 3 is 2.55 bits per heavy atom. The molecule has 116 valence electrons. The number of hydrogen-bond acceptors (Lipinski definition) is 4. The predicted octanol–water partition coefficient (Wildman–Crippen LogP) is 3.89. The summed E-state index contributed by atoms with van der Waals surface area (Å²) >= 11 is 5.34. The van der Waals surface area contributed by atoms with Crippen LogP contribution in [-0.4, -0.2) is 37.7 Å². The van der Waals surface area contributed by atoms with Crippen LogP contribution in [0.25, 0.3) is 0 Å². The molecule has 1 heterocycles. The highest BCUT2D eigenvalue weighted by atomic mass is 79.9. The van der Waals surface area contributed by atoms with E-state index in [9.17, 15) is 0 Å². The summed E-state index contributed by atoms with van der Waals surface area (Å²) in [6, 6.07) is 4.72. The fraction of sp³-hybridized carbons (Fsp3) is 0.733. The van der Waals surface area contributed by atoms with Crippen molar-refractivity contribution in [2.75, 3.05) is 26.8 Å². The molecule has 1 rings (SSSR count). The van der Waals surface area contributed by atoms with Gasteiger partial charge in [0.1, 0.15) is 0 Å². The lowest BCUT2D eigenvalue weighted by Gasteiger charge is -2.35. The topological polar surface area (TPSA) is 38.5 Å². The zero-order valence-electron chi connectivity index (χ0n) is 12.9. The van der Waals surface area contributed by atoms with E-state index in [1.54, 1.807) is 18.4 Å². The summed E-state index contributed by atoms with van der Waals surface area (Å²) < 4.78 is 6.43. The van der Waals surface area contributed by atoms with Gasteiger partial charge in [-0.2, -0.15) is 0 Å². The van der Waals surface area contributed by atoms with Gasteiger partial charge < -0.3 is 10.5 Å². The lowest BCUT2D eigenvalue weighted by Crippen LogP contribution is -2.43. The smallest absolute Gasteiger partial charge is 0.0702 e. The van der Waals surface area contributed by atoms with Crippen LogP contribution in [-0.2, 0) is 4.74 Å². The minimum Gasteiger partial charge on any atom is -0.383 e. The first-order valence-electron chi connectivity index (χ1n) is 7.23. The van der Waals surface area contributed by atoms with Gasteiger partial charge in [-0.05, 0) is 40.4 Å². The summed E-state index contributed by atoms with van der Waals surface area (Å²) in [5, 5.41) is 0. The van der Waals surface area contributed by atoms with Crippen LogP contribution >= 0.6 is 27.3 Å². The van der Waals surface area contributed by atoms with Crippen molar-refractivity contribution in [2.45, 2.75) is 39.3 Å². The second kappa shape index (κ2) is 9.15. The maximum atomic E-state index is 6.42. The average molecular weight is 363 g/mol. The average Bonchev–Trinajstić information content (AvgIpc) is 2.81. The van der Waals surface area contributed by atoms with Crippen molar-refractivity contribution in [3.05, 3.63) is 20.8 Å². The van der Waals surface area contributed by atoms with Crippen molar-refractivity contribution < 1.29 is 4.74 Å². The molecule has 0 fully saturated rings. The SMILES string of the molecule is CCC(N)C(c1ccc(Br)s1)N(CCOC)CC(C)C. The van der Waals surface area contributed by atoms with Gasteiger partial charge in [0.05, 0.1) is 16.4 Å². The van der Waals surface area contributed by atoms with E-state index in [-0.39, 0.29) is 12.1 Å². The van der Waals surface area contributed by atoms with Crippen LogP contribution in [0.4, 0.5) is 0 Å². The molecule has 1 aromatic heterocycles. The number of methoxy groups -OCH3 is 1. The molecular weight excluding hydrogens is 336 g/mol. The van der Waals surface area contributed by atoms with Crippen molar-refractivity contribution in [1.82, 2.24) is 4.90 Å². The molecule has 0 aliphatic heterocycles. The number of halogens is 1. The quantitative estimate of drug-likeness (QED) is 0.723. The molecule has 0 saturated carbocycles. The van der Waals surface area contributed by atoms with E-state index < -0.39 is 0 Å². The number of hydrogen-bond donors (Lipinski definition) is 1. The van der Waals surface area contributed by atoms with E-state index in [1.165, 1.54) is 4.88 Å². The minimum absolute atomic E-state index is 0.149. The molecule has 0 aromatic carbocycles. The fourth-order valence-electron chi connectivity index (χ4n) is 2.39. The van der Waals surface area contributed by atoms with E-state index >= 15 is 0 Å². The third-order valence-corrected chi connectivity index (χ3v) is 5.03. The largest absolute Gasteiger partial charge is 0.383 e. The first-order chi connectivity index (χ1) is 9.49. The summed E-state index contributed by atoms with van der Waals surface area (Å²) in [5.74, 6) is 0.613. The summed E-state index contributed by atoms with van der Waals surface area (Å²) in [6.45, 7) is 9.35. The summed E-state index contributed by atoms with van der Waals surface area (Å²) in [4.78, 5) is 3.81. The second-order valence-corrected chi connectivity index (χ2v) is 8.03. The van der Waals surface area contributed by atoms with Crippen molar-refractivity contribution in [1.29, 1.82) is 0 Å². The number of nitrogens with two attached hydrogens (primary N) is 1. The van der Waals surface area contributed by atoms with Gasteiger partial charge >= 0.3 is 0 Å². The molecule has 2 atom stereocenters. The molecule has 3 nitrogen and oxygen atoms in total. The van der Waals surface area contributed by atoms with Crippen LogP contribution in [0.1, 0.15) is 38.1 Å². The van der Waals surface area contributed by atoms with Crippen LogP contribution in [0.2, 0.25) is 0 Å². The van der Waals surface area contributed by atoms with Crippen LogP contribution < -0.4 is 5.73 Å². The van der Waals surface area contributed by atoms with Crippen molar-refractivity contribution in [3.8, 4) is 0 Å². The molecule has 0 bridgehead atoms. The third-order valence-electron chi connectivity index (χ3n) is 3.34. The second-order valence-electron chi connectivity index (χ2n) is 5.54. The van der Waals surface area contributed by atoms with E-state index in [2.05, 4.69) is 53.7 Å². The zero-order valence-corrected chi connectivity index (χ0v) is 15.3. The Balaban J connectivity index is 2.97. The predicted molar refractivity (Wildman–Crippen MR) is 91.3 cm³/mol. The molecule has 0 aliphatic rings. The Morgan fingerprint density at radius 2 is 2.10 bits per heavy atom. The maximum Gasteiger partial charge on any atom is 0.0702 e. The first-order valence-corrected chi connectivity index (χ1v) is 8.84. The van der Waals surface area contributed by atoms with Crippen molar-refractivity contribution in [2.24, 2.45) is 11.7 Å². The van der Waals surface area contributed by atoms with E-state index in [4.69, 9.17) is 10.5 Å². The van der Waals surface area contributed by atoms with Crippen LogP contribution in [0, 0.1) is 5.92 Å².